The van der Waals surface area contributed by atoms with Crippen LogP contribution in [0, 0.1) is 11.8 Å². The fraction of sp³-hybridized carbons (Fsp3) is 0.957. The van der Waals surface area contributed by atoms with E-state index in [1.54, 1.807) is 0 Å². The first-order valence-corrected chi connectivity index (χ1v) is 12.0. The number of rotatable bonds is 13. The monoisotopic (exact) mass is 410 g/mol. The van der Waals surface area contributed by atoms with E-state index in [4.69, 9.17) is 4.74 Å². The second-order valence-corrected chi connectivity index (χ2v) is 9.46. The fourth-order valence-electron chi connectivity index (χ4n) is 4.85. The minimum atomic E-state index is 0.156. The number of carbonyl (C=O) groups excluding carboxylic acids is 1. The summed E-state index contributed by atoms with van der Waals surface area (Å²) in [4.78, 5) is 16.9. The number of hydrogen-bond acceptors (Lipinski definition) is 5. The molecule has 2 fully saturated rings. The minimum absolute atomic E-state index is 0.156. The van der Waals surface area contributed by atoms with Crippen molar-refractivity contribution >= 4 is 5.91 Å². The first-order valence-electron chi connectivity index (χ1n) is 12.0. The van der Waals surface area contributed by atoms with E-state index in [9.17, 15) is 4.79 Å². The summed E-state index contributed by atoms with van der Waals surface area (Å²) in [5, 5.41) is 6.45. The first kappa shape index (κ1) is 24.6. The summed E-state index contributed by atoms with van der Waals surface area (Å²) in [6.07, 6.45) is 6.28. The number of amides is 1. The van der Waals surface area contributed by atoms with E-state index in [0.717, 1.165) is 70.2 Å². The normalized spacial score (nSPS) is 25.6. The van der Waals surface area contributed by atoms with E-state index in [1.807, 2.05) is 7.05 Å². The van der Waals surface area contributed by atoms with Crippen LogP contribution in [0.5, 0.6) is 0 Å². The average Bonchev–Trinajstić information content (AvgIpc) is 2.65. The molecule has 0 aromatic rings. The minimum Gasteiger partial charge on any atom is -0.375 e. The third kappa shape index (κ3) is 8.91. The number of hydrogen-bond donors (Lipinski definition) is 2. The van der Waals surface area contributed by atoms with Gasteiger partial charge in [0.25, 0.3) is 0 Å². The standard InChI is InChI=1S/C23H46N4O2/c1-6-26(7-2)17-23(28)25-20-13-22(14-20)29-21-8-10-27(11-9-21)16-19(4)12-18(3)15-24-5/h18-22,24H,6-17H2,1-5H3,(H,25,28). The van der Waals surface area contributed by atoms with Crippen molar-refractivity contribution in [2.24, 2.45) is 11.8 Å². The largest absolute Gasteiger partial charge is 0.375 e. The van der Waals surface area contributed by atoms with Crippen molar-refractivity contribution in [1.82, 2.24) is 20.4 Å². The predicted molar refractivity (Wildman–Crippen MR) is 120 cm³/mol. The SMILES string of the molecule is CCN(CC)CC(=O)NC1CC(OC2CCN(CC(C)CC(C)CNC)CC2)C1. The maximum absolute atomic E-state index is 12.1. The van der Waals surface area contributed by atoms with Gasteiger partial charge >= 0.3 is 0 Å². The molecule has 0 aromatic heterocycles. The Morgan fingerprint density at radius 1 is 1.10 bits per heavy atom. The molecule has 29 heavy (non-hydrogen) atoms. The van der Waals surface area contributed by atoms with E-state index < -0.39 is 0 Å². The topological polar surface area (TPSA) is 56.8 Å². The maximum Gasteiger partial charge on any atom is 0.234 e. The van der Waals surface area contributed by atoms with Crippen LogP contribution in [0.3, 0.4) is 0 Å². The number of likely N-dealkylation sites (tertiary alicyclic amines) is 1. The average molecular weight is 411 g/mol. The van der Waals surface area contributed by atoms with Gasteiger partial charge in [0.1, 0.15) is 0 Å². The van der Waals surface area contributed by atoms with Crippen LogP contribution in [0.4, 0.5) is 0 Å². The zero-order chi connectivity index (χ0) is 21.2. The summed E-state index contributed by atoms with van der Waals surface area (Å²) in [6.45, 7) is 15.9. The summed E-state index contributed by atoms with van der Waals surface area (Å²) in [6, 6.07) is 0.309. The van der Waals surface area contributed by atoms with Crippen LogP contribution < -0.4 is 10.6 Å². The lowest BCUT2D eigenvalue weighted by atomic mass is 9.88. The molecule has 0 radical (unpaired) electrons. The molecule has 2 atom stereocenters. The van der Waals surface area contributed by atoms with Gasteiger partial charge in [0.15, 0.2) is 0 Å². The van der Waals surface area contributed by atoms with E-state index in [-0.39, 0.29) is 5.91 Å². The number of carbonyl (C=O) groups is 1. The van der Waals surface area contributed by atoms with Crippen molar-refractivity contribution in [1.29, 1.82) is 0 Å². The molecule has 2 aliphatic rings. The molecular weight excluding hydrogens is 364 g/mol. The summed E-state index contributed by atoms with van der Waals surface area (Å²) in [7, 11) is 2.04. The molecule has 1 aliphatic heterocycles. The van der Waals surface area contributed by atoms with Gasteiger partial charge < -0.3 is 20.3 Å². The smallest absolute Gasteiger partial charge is 0.234 e. The van der Waals surface area contributed by atoms with Crippen molar-refractivity contribution in [3.63, 3.8) is 0 Å². The molecule has 1 saturated heterocycles. The van der Waals surface area contributed by atoms with Gasteiger partial charge in [-0.2, -0.15) is 0 Å². The molecule has 1 aliphatic carbocycles. The van der Waals surface area contributed by atoms with Crippen LogP contribution in [0.15, 0.2) is 0 Å². The molecule has 6 heteroatoms. The highest BCUT2D eigenvalue weighted by Crippen LogP contribution is 2.27. The van der Waals surface area contributed by atoms with Crippen LogP contribution in [0.1, 0.15) is 59.8 Å². The lowest BCUT2D eigenvalue weighted by Crippen LogP contribution is -2.51. The van der Waals surface area contributed by atoms with Crippen molar-refractivity contribution in [3.8, 4) is 0 Å². The molecule has 2 unspecified atom stereocenters. The molecule has 0 bridgehead atoms. The lowest BCUT2D eigenvalue weighted by molar-refractivity contribution is -0.126. The Hall–Kier alpha value is -0.690. The Balaban J connectivity index is 1.55. The lowest BCUT2D eigenvalue weighted by Gasteiger charge is -2.40. The third-order valence-corrected chi connectivity index (χ3v) is 6.57. The van der Waals surface area contributed by atoms with E-state index in [2.05, 4.69) is 48.1 Å². The number of ether oxygens (including phenoxy) is 1. The predicted octanol–water partition coefficient (Wildman–Crippen LogP) is 2.34. The zero-order valence-corrected chi connectivity index (χ0v) is 19.6. The van der Waals surface area contributed by atoms with E-state index in [1.165, 1.54) is 13.0 Å². The van der Waals surface area contributed by atoms with Gasteiger partial charge in [-0.25, -0.2) is 0 Å². The third-order valence-electron chi connectivity index (χ3n) is 6.57. The van der Waals surface area contributed by atoms with Crippen LogP contribution in [-0.2, 0) is 9.53 Å². The van der Waals surface area contributed by atoms with Crippen LogP contribution >= 0.6 is 0 Å². The Kier molecular flexibility index (Phi) is 10.9. The highest BCUT2D eigenvalue weighted by Gasteiger charge is 2.34. The number of nitrogens with zero attached hydrogens (tertiary/aromatic N) is 2. The second-order valence-electron chi connectivity index (χ2n) is 9.46. The molecule has 2 rings (SSSR count). The molecule has 170 valence electrons. The summed E-state index contributed by atoms with van der Waals surface area (Å²) < 4.78 is 6.32. The Morgan fingerprint density at radius 2 is 1.76 bits per heavy atom. The molecule has 2 N–H and O–H groups in total. The summed E-state index contributed by atoms with van der Waals surface area (Å²) in [5.74, 6) is 1.65. The van der Waals surface area contributed by atoms with Crippen molar-refractivity contribution in [2.45, 2.75) is 78.0 Å². The Labute approximate surface area is 179 Å². The van der Waals surface area contributed by atoms with Gasteiger partial charge in [0.05, 0.1) is 18.8 Å². The van der Waals surface area contributed by atoms with Gasteiger partial charge in [0.2, 0.25) is 5.91 Å². The molecule has 1 amide bonds. The second kappa shape index (κ2) is 12.9. The van der Waals surface area contributed by atoms with Gasteiger partial charge in [-0.15, -0.1) is 0 Å². The maximum atomic E-state index is 12.1. The van der Waals surface area contributed by atoms with E-state index in [0.29, 0.717) is 24.8 Å². The molecule has 1 saturated carbocycles. The number of piperidine rings is 1. The van der Waals surface area contributed by atoms with Crippen LogP contribution in [-0.4, -0.2) is 86.8 Å². The first-order chi connectivity index (χ1) is 13.9. The van der Waals surface area contributed by atoms with Crippen molar-refractivity contribution in [3.05, 3.63) is 0 Å². The number of nitrogens with one attached hydrogen (secondary N) is 2. The molecule has 0 spiro atoms. The molecular formula is C23H46N4O2. The van der Waals surface area contributed by atoms with Gasteiger partial charge in [-0.1, -0.05) is 27.7 Å². The molecule has 0 aromatic carbocycles. The van der Waals surface area contributed by atoms with Crippen molar-refractivity contribution in [2.75, 3.05) is 52.9 Å². The number of likely N-dealkylation sites (N-methyl/N-ethyl adjacent to an activating group) is 1. The Bertz CT molecular complexity index is 458. The van der Waals surface area contributed by atoms with Gasteiger partial charge in [-0.05, 0) is 70.6 Å². The Morgan fingerprint density at radius 3 is 2.34 bits per heavy atom. The van der Waals surface area contributed by atoms with Gasteiger partial charge in [0, 0.05) is 25.7 Å². The quantitative estimate of drug-likeness (QED) is 0.488. The fourth-order valence-corrected chi connectivity index (χ4v) is 4.85. The van der Waals surface area contributed by atoms with Crippen LogP contribution in [0.25, 0.3) is 0 Å². The zero-order valence-electron chi connectivity index (χ0n) is 19.6. The van der Waals surface area contributed by atoms with Crippen molar-refractivity contribution < 1.29 is 9.53 Å². The van der Waals surface area contributed by atoms with Crippen LogP contribution in [0.2, 0.25) is 0 Å². The summed E-state index contributed by atoms with van der Waals surface area (Å²) in [5.41, 5.74) is 0. The molecule has 6 nitrogen and oxygen atoms in total. The highest BCUT2D eigenvalue weighted by atomic mass is 16.5. The summed E-state index contributed by atoms with van der Waals surface area (Å²) >= 11 is 0. The van der Waals surface area contributed by atoms with Gasteiger partial charge in [-0.3, -0.25) is 9.69 Å². The highest BCUT2D eigenvalue weighted by molar-refractivity contribution is 5.78. The molecule has 1 heterocycles. The van der Waals surface area contributed by atoms with E-state index >= 15 is 0 Å².